The fourth-order valence-electron chi connectivity index (χ4n) is 2.32. The van der Waals surface area contributed by atoms with Gasteiger partial charge in [-0.1, -0.05) is 35.9 Å². The van der Waals surface area contributed by atoms with E-state index in [0.29, 0.717) is 17.4 Å². The highest BCUT2D eigenvalue weighted by molar-refractivity contribution is 6.33. The molecule has 0 radical (unpaired) electrons. The van der Waals surface area contributed by atoms with Crippen LogP contribution in [0.2, 0.25) is 5.02 Å². The predicted octanol–water partition coefficient (Wildman–Crippen LogP) is 2.69. The van der Waals surface area contributed by atoms with Crippen molar-refractivity contribution in [1.82, 2.24) is 14.5 Å². The number of pyridine rings is 1. The fraction of sp³-hybridized carbons (Fsp3) is 0.118. The Balaban J connectivity index is 1.67. The molecule has 0 aliphatic rings. The molecule has 0 fully saturated rings. The van der Waals surface area contributed by atoms with Gasteiger partial charge in [0.05, 0.1) is 16.9 Å². The summed E-state index contributed by atoms with van der Waals surface area (Å²) in [6.45, 7) is 1.33. The number of primary amides is 1. The predicted molar refractivity (Wildman–Crippen MR) is 92.9 cm³/mol. The number of halogens is 1. The highest BCUT2D eigenvalue weighted by atomic mass is 35.5. The minimum Gasteiger partial charge on any atom is -0.366 e. The second-order valence-electron chi connectivity index (χ2n) is 5.33. The van der Waals surface area contributed by atoms with Crippen LogP contribution in [0.15, 0.2) is 55.2 Å². The van der Waals surface area contributed by atoms with E-state index in [2.05, 4.69) is 27.4 Å². The number of carbonyl (C=O) groups is 1. The van der Waals surface area contributed by atoms with Crippen LogP contribution in [0.25, 0.3) is 0 Å². The number of anilines is 1. The molecule has 0 saturated heterocycles. The molecule has 2 heterocycles. The lowest BCUT2D eigenvalue weighted by atomic mass is 10.1. The van der Waals surface area contributed by atoms with Crippen molar-refractivity contribution < 1.29 is 4.79 Å². The molecule has 0 aliphatic carbocycles. The highest BCUT2D eigenvalue weighted by Crippen LogP contribution is 2.20. The summed E-state index contributed by atoms with van der Waals surface area (Å²) in [6, 6.07) is 9.72. The number of nitrogens with two attached hydrogens (primary N) is 1. The average molecular weight is 342 g/mol. The van der Waals surface area contributed by atoms with Gasteiger partial charge in [0.2, 0.25) is 5.91 Å². The molecule has 3 rings (SSSR count). The number of benzene rings is 1. The lowest BCUT2D eigenvalue weighted by Crippen LogP contribution is -2.12. The normalized spacial score (nSPS) is 10.5. The Morgan fingerprint density at radius 1 is 1.29 bits per heavy atom. The van der Waals surface area contributed by atoms with Crippen molar-refractivity contribution >= 4 is 23.3 Å². The Morgan fingerprint density at radius 3 is 2.83 bits per heavy atom. The van der Waals surface area contributed by atoms with Crippen LogP contribution >= 0.6 is 11.6 Å². The molecule has 3 N–H and O–H groups in total. The largest absolute Gasteiger partial charge is 0.366 e. The maximum Gasteiger partial charge on any atom is 0.250 e. The number of hydrogen-bond donors (Lipinski definition) is 2. The minimum absolute atomic E-state index is 0.285. The van der Waals surface area contributed by atoms with Crippen molar-refractivity contribution in [2.75, 3.05) is 5.32 Å². The molecule has 2 aromatic heterocycles. The summed E-state index contributed by atoms with van der Waals surface area (Å²) in [5, 5.41) is 3.53. The Labute approximate surface area is 144 Å². The first-order valence-corrected chi connectivity index (χ1v) is 7.72. The van der Waals surface area contributed by atoms with Gasteiger partial charge >= 0.3 is 0 Å². The first kappa shape index (κ1) is 16.0. The summed E-state index contributed by atoms with van der Waals surface area (Å²) in [5.74, 6) is -0.0372. The van der Waals surface area contributed by atoms with Gasteiger partial charge in [-0.25, -0.2) is 9.97 Å². The van der Waals surface area contributed by atoms with Crippen LogP contribution in [0.1, 0.15) is 21.5 Å². The molecule has 1 amide bonds. The van der Waals surface area contributed by atoms with E-state index in [4.69, 9.17) is 17.3 Å². The fourth-order valence-corrected chi connectivity index (χ4v) is 2.55. The second-order valence-corrected chi connectivity index (χ2v) is 5.73. The molecule has 0 aliphatic heterocycles. The van der Waals surface area contributed by atoms with Crippen molar-refractivity contribution in [1.29, 1.82) is 0 Å². The number of amides is 1. The van der Waals surface area contributed by atoms with Crippen LogP contribution in [0.3, 0.4) is 0 Å². The molecule has 24 heavy (non-hydrogen) atoms. The minimum atomic E-state index is -0.553. The first-order valence-electron chi connectivity index (χ1n) is 7.34. The Hall–Kier alpha value is -2.86. The standard InChI is InChI=1S/C17H16ClN5O/c18-15-7-14(16(19)24)9-22-17(15)21-8-12-2-1-3-13(6-12)10-23-5-4-20-11-23/h1-7,9,11H,8,10H2,(H2,19,24)(H,21,22). The van der Waals surface area contributed by atoms with Crippen molar-refractivity contribution in [3.05, 3.63) is 77.0 Å². The second kappa shape index (κ2) is 7.14. The van der Waals surface area contributed by atoms with Crippen LogP contribution in [0.5, 0.6) is 0 Å². The number of hydrogen-bond acceptors (Lipinski definition) is 4. The summed E-state index contributed by atoms with van der Waals surface area (Å²) in [7, 11) is 0. The number of aromatic nitrogens is 3. The first-order chi connectivity index (χ1) is 11.6. The van der Waals surface area contributed by atoms with E-state index in [1.165, 1.54) is 17.8 Å². The van der Waals surface area contributed by atoms with E-state index in [1.807, 2.05) is 22.9 Å². The topological polar surface area (TPSA) is 85.8 Å². The van der Waals surface area contributed by atoms with Crippen LogP contribution in [0, 0.1) is 0 Å². The van der Waals surface area contributed by atoms with Crippen LogP contribution in [-0.2, 0) is 13.1 Å². The average Bonchev–Trinajstić information content (AvgIpc) is 3.07. The quantitative estimate of drug-likeness (QED) is 0.721. The van der Waals surface area contributed by atoms with Gasteiger partial charge in [-0.3, -0.25) is 4.79 Å². The van der Waals surface area contributed by atoms with Gasteiger partial charge in [-0.05, 0) is 17.2 Å². The van der Waals surface area contributed by atoms with E-state index in [-0.39, 0.29) is 5.56 Å². The zero-order valence-electron chi connectivity index (χ0n) is 12.8. The van der Waals surface area contributed by atoms with Crippen molar-refractivity contribution in [2.45, 2.75) is 13.1 Å². The van der Waals surface area contributed by atoms with E-state index in [1.54, 1.807) is 12.5 Å². The lowest BCUT2D eigenvalue weighted by Gasteiger charge is -2.10. The molecule has 6 nitrogen and oxygen atoms in total. The smallest absolute Gasteiger partial charge is 0.250 e. The number of carbonyl (C=O) groups excluding carboxylic acids is 1. The van der Waals surface area contributed by atoms with Gasteiger partial charge < -0.3 is 15.6 Å². The van der Waals surface area contributed by atoms with Crippen molar-refractivity contribution in [2.24, 2.45) is 5.73 Å². The third-order valence-corrected chi connectivity index (χ3v) is 3.79. The molecule has 7 heteroatoms. The van der Waals surface area contributed by atoms with E-state index >= 15 is 0 Å². The van der Waals surface area contributed by atoms with E-state index in [9.17, 15) is 4.79 Å². The van der Waals surface area contributed by atoms with E-state index in [0.717, 1.165) is 12.1 Å². The Morgan fingerprint density at radius 2 is 2.12 bits per heavy atom. The number of nitrogens with zero attached hydrogens (tertiary/aromatic N) is 3. The van der Waals surface area contributed by atoms with Crippen LogP contribution in [0.4, 0.5) is 5.82 Å². The summed E-state index contributed by atoms with van der Waals surface area (Å²) in [6.07, 6.45) is 6.88. The molecule has 0 spiro atoms. The lowest BCUT2D eigenvalue weighted by molar-refractivity contribution is 0.1000. The maximum absolute atomic E-state index is 11.1. The van der Waals surface area contributed by atoms with Gasteiger partial charge in [-0.15, -0.1) is 0 Å². The Kier molecular flexibility index (Phi) is 4.77. The van der Waals surface area contributed by atoms with Gasteiger partial charge in [0, 0.05) is 31.7 Å². The van der Waals surface area contributed by atoms with Crippen molar-refractivity contribution in [3.8, 4) is 0 Å². The third kappa shape index (κ3) is 3.91. The molecule has 1 aromatic carbocycles. The van der Waals surface area contributed by atoms with Crippen LogP contribution < -0.4 is 11.1 Å². The SMILES string of the molecule is NC(=O)c1cnc(NCc2cccc(Cn3ccnc3)c2)c(Cl)c1. The molecule has 0 atom stereocenters. The van der Waals surface area contributed by atoms with Gasteiger partial charge in [0.25, 0.3) is 0 Å². The summed E-state index contributed by atoms with van der Waals surface area (Å²) in [5.41, 5.74) is 7.77. The van der Waals surface area contributed by atoms with Crippen LogP contribution in [-0.4, -0.2) is 20.4 Å². The number of nitrogens with one attached hydrogen (secondary N) is 1. The third-order valence-electron chi connectivity index (χ3n) is 3.50. The molecule has 0 unspecified atom stereocenters. The molecule has 0 saturated carbocycles. The van der Waals surface area contributed by atoms with Gasteiger partial charge in [0.15, 0.2) is 0 Å². The molecule has 3 aromatic rings. The zero-order chi connectivity index (χ0) is 16.9. The summed E-state index contributed by atoms with van der Waals surface area (Å²) in [4.78, 5) is 19.3. The zero-order valence-corrected chi connectivity index (χ0v) is 13.6. The molecular formula is C17H16ClN5O. The number of imidazole rings is 1. The van der Waals surface area contributed by atoms with Gasteiger partial charge in [-0.2, -0.15) is 0 Å². The highest BCUT2D eigenvalue weighted by Gasteiger charge is 2.07. The summed E-state index contributed by atoms with van der Waals surface area (Å²) >= 11 is 6.12. The van der Waals surface area contributed by atoms with E-state index < -0.39 is 5.91 Å². The number of rotatable bonds is 6. The molecule has 122 valence electrons. The van der Waals surface area contributed by atoms with Gasteiger partial charge in [0.1, 0.15) is 5.82 Å². The molecule has 0 bridgehead atoms. The maximum atomic E-state index is 11.1. The van der Waals surface area contributed by atoms with Crippen molar-refractivity contribution in [3.63, 3.8) is 0 Å². The monoisotopic (exact) mass is 341 g/mol. The molecular weight excluding hydrogens is 326 g/mol. The Bertz CT molecular complexity index is 848. The summed E-state index contributed by atoms with van der Waals surface area (Å²) < 4.78 is 2.01.